The van der Waals surface area contributed by atoms with Crippen molar-refractivity contribution in [3.8, 4) is 5.75 Å². The summed E-state index contributed by atoms with van der Waals surface area (Å²) in [4.78, 5) is 29.5. The standard InChI is InChI=1S/C32H44FN3O5/c1-20(2)35-29(37)19-39-26-12-11-23(33)16-22(26)17-24-27-13-14-28(41-27)30(24)32-36-25(18-40-32)31(38)34-15-7-6-10-21-8-4-3-5-9-21/h11-12,16,18,20-21,24,27-28,30H,3-10,13-15,17,19H2,1-2H3,(H,34,38)(H,35,37). The third-order valence-electron chi connectivity index (χ3n) is 8.80. The number of hydrogen-bond acceptors (Lipinski definition) is 6. The number of rotatable bonds is 13. The molecular formula is C32H44FN3O5. The van der Waals surface area contributed by atoms with Crippen molar-refractivity contribution in [3.05, 3.63) is 47.4 Å². The quantitative estimate of drug-likeness (QED) is 0.300. The molecule has 2 aliphatic heterocycles. The number of ether oxygens (including phenoxy) is 2. The Kier molecular flexibility index (Phi) is 9.96. The van der Waals surface area contributed by atoms with Crippen LogP contribution < -0.4 is 15.4 Å². The molecule has 4 atom stereocenters. The van der Waals surface area contributed by atoms with Crippen LogP contribution in [0, 0.1) is 17.7 Å². The molecule has 41 heavy (non-hydrogen) atoms. The van der Waals surface area contributed by atoms with Crippen molar-refractivity contribution in [3.63, 3.8) is 0 Å². The first kappa shape index (κ1) is 29.5. The van der Waals surface area contributed by atoms with Crippen molar-refractivity contribution in [1.29, 1.82) is 0 Å². The van der Waals surface area contributed by atoms with E-state index in [4.69, 9.17) is 13.9 Å². The molecule has 8 nitrogen and oxygen atoms in total. The van der Waals surface area contributed by atoms with Crippen LogP contribution in [-0.2, 0) is 16.0 Å². The van der Waals surface area contributed by atoms with Gasteiger partial charge in [-0.1, -0.05) is 44.9 Å². The van der Waals surface area contributed by atoms with Gasteiger partial charge < -0.3 is 24.5 Å². The molecule has 2 aromatic rings. The van der Waals surface area contributed by atoms with Gasteiger partial charge in [-0.25, -0.2) is 9.37 Å². The molecular weight excluding hydrogens is 525 g/mol. The van der Waals surface area contributed by atoms with Crippen LogP contribution in [0.2, 0.25) is 0 Å². The molecule has 5 rings (SSSR count). The molecule has 3 heterocycles. The van der Waals surface area contributed by atoms with Crippen LogP contribution in [0.3, 0.4) is 0 Å². The smallest absolute Gasteiger partial charge is 0.273 e. The van der Waals surface area contributed by atoms with Gasteiger partial charge in [0.2, 0.25) is 5.89 Å². The summed E-state index contributed by atoms with van der Waals surface area (Å²) in [5.74, 6) is 0.831. The van der Waals surface area contributed by atoms with Crippen LogP contribution in [0.1, 0.15) is 106 Å². The molecule has 1 aromatic carbocycles. The van der Waals surface area contributed by atoms with Gasteiger partial charge in [0.05, 0.1) is 18.1 Å². The molecule has 9 heteroatoms. The molecule has 1 saturated carbocycles. The summed E-state index contributed by atoms with van der Waals surface area (Å²) in [6, 6.07) is 4.37. The Bertz CT molecular complexity index is 1180. The van der Waals surface area contributed by atoms with Crippen molar-refractivity contribution in [2.24, 2.45) is 11.8 Å². The van der Waals surface area contributed by atoms with Crippen molar-refractivity contribution in [1.82, 2.24) is 15.6 Å². The summed E-state index contributed by atoms with van der Waals surface area (Å²) >= 11 is 0. The van der Waals surface area contributed by atoms with Gasteiger partial charge in [-0.3, -0.25) is 9.59 Å². The summed E-state index contributed by atoms with van der Waals surface area (Å²) in [6.07, 6.45) is 13.8. The molecule has 0 radical (unpaired) electrons. The molecule has 2 bridgehead atoms. The van der Waals surface area contributed by atoms with E-state index in [9.17, 15) is 14.0 Å². The van der Waals surface area contributed by atoms with Crippen molar-refractivity contribution in [2.75, 3.05) is 13.2 Å². The third-order valence-corrected chi connectivity index (χ3v) is 8.80. The maximum absolute atomic E-state index is 14.3. The van der Waals surface area contributed by atoms with E-state index < -0.39 is 0 Å². The van der Waals surface area contributed by atoms with E-state index in [2.05, 4.69) is 15.6 Å². The Labute approximate surface area is 242 Å². The van der Waals surface area contributed by atoms with E-state index in [0.717, 1.165) is 31.6 Å². The van der Waals surface area contributed by atoms with E-state index in [-0.39, 0.29) is 60.0 Å². The highest BCUT2D eigenvalue weighted by atomic mass is 19.1. The first-order chi connectivity index (χ1) is 19.9. The van der Waals surface area contributed by atoms with E-state index >= 15 is 0 Å². The van der Waals surface area contributed by atoms with E-state index in [1.807, 2.05) is 13.8 Å². The van der Waals surface area contributed by atoms with Gasteiger partial charge in [0, 0.05) is 18.5 Å². The highest BCUT2D eigenvalue weighted by Crippen LogP contribution is 2.50. The lowest BCUT2D eigenvalue weighted by molar-refractivity contribution is -0.123. The highest BCUT2D eigenvalue weighted by molar-refractivity contribution is 5.91. The number of aromatic nitrogens is 1. The fourth-order valence-electron chi connectivity index (χ4n) is 6.86. The van der Waals surface area contributed by atoms with Gasteiger partial charge in [-0.2, -0.15) is 0 Å². The van der Waals surface area contributed by atoms with Crippen LogP contribution in [0.4, 0.5) is 4.39 Å². The number of halogens is 1. The van der Waals surface area contributed by atoms with Gasteiger partial charge in [0.1, 0.15) is 17.8 Å². The molecule has 224 valence electrons. The zero-order chi connectivity index (χ0) is 28.8. The number of amides is 2. The van der Waals surface area contributed by atoms with Crippen LogP contribution in [0.15, 0.2) is 28.9 Å². The second-order valence-electron chi connectivity index (χ2n) is 12.3. The Morgan fingerprint density at radius 2 is 1.90 bits per heavy atom. The fraction of sp³-hybridized carbons (Fsp3) is 0.656. The maximum Gasteiger partial charge on any atom is 0.273 e. The third kappa shape index (κ3) is 7.67. The highest BCUT2D eigenvalue weighted by Gasteiger charge is 2.51. The van der Waals surface area contributed by atoms with Crippen molar-refractivity contribution in [2.45, 2.75) is 109 Å². The van der Waals surface area contributed by atoms with E-state index in [1.54, 1.807) is 6.07 Å². The van der Waals surface area contributed by atoms with Crippen LogP contribution in [-0.4, -0.2) is 48.2 Å². The first-order valence-corrected chi connectivity index (χ1v) is 15.5. The Morgan fingerprint density at radius 3 is 2.71 bits per heavy atom. The number of benzene rings is 1. The molecule has 2 amide bonds. The van der Waals surface area contributed by atoms with Gasteiger partial charge in [0.25, 0.3) is 11.8 Å². The maximum atomic E-state index is 14.3. The lowest BCUT2D eigenvalue weighted by Crippen LogP contribution is -2.34. The van der Waals surface area contributed by atoms with Crippen LogP contribution in [0.5, 0.6) is 5.75 Å². The largest absolute Gasteiger partial charge is 0.483 e. The predicted molar refractivity (Wildman–Crippen MR) is 152 cm³/mol. The molecule has 1 aromatic heterocycles. The lowest BCUT2D eigenvalue weighted by atomic mass is 9.76. The number of carbonyl (C=O) groups is 2. The van der Waals surface area contributed by atoms with Crippen LogP contribution in [0.25, 0.3) is 0 Å². The monoisotopic (exact) mass is 569 g/mol. The SMILES string of the molecule is CC(C)NC(=O)COc1ccc(F)cc1CC1C2CCC(O2)C1c1nc(C(=O)NCCCCC2CCCCC2)co1. The molecule has 0 spiro atoms. The number of oxazole rings is 1. The second-order valence-corrected chi connectivity index (χ2v) is 12.3. The number of carbonyl (C=O) groups excluding carboxylic acids is 2. The average molecular weight is 570 g/mol. The summed E-state index contributed by atoms with van der Waals surface area (Å²) in [6.45, 7) is 4.25. The predicted octanol–water partition coefficient (Wildman–Crippen LogP) is 5.70. The lowest BCUT2D eigenvalue weighted by Gasteiger charge is -2.26. The molecule has 3 fully saturated rings. The molecule has 2 N–H and O–H groups in total. The Balaban J connectivity index is 1.18. The molecule has 3 aliphatic rings. The molecule has 4 unspecified atom stereocenters. The van der Waals surface area contributed by atoms with Crippen molar-refractivity contribution >= 4 is 11.8 Å². The van der Waals surface area contributed by atoms with Gasteiger partial charge in [-0.05, 0) is 69.2 Å². The minimum Gasteiger partial charge on any atom is -0.483 e. The number of hydrogen-bond donors (Lipinski definition) is 2. The van der Waals surface area contributed by atoms with Crippen LogP contribution >= 0.6 is 0 Å². The van der Waals surface area contributed by atoms with Gasteiger partial charge in [0.15, 0.2) is 12.3 Å². The molecule has 2 saturated heterocycles. The first-order valence-electron chi connectivity index (χ1n) is 15.5. The zero-order valence-electron chi connectivity index (χ0n) is 24.3. The minimum absolute atomic E-state index is 0.00439. The fourth-order valence-corrected chi connectivity index (χ4v) is 6.86. The van der Waals surface area contributed by atoms with E-state index in [0.29, 0.717) is 30.2 Å². The summed E-state index contributed by atoms with van der Waals surface area (Å²) in [5, 5.41) is 5.79. The Hall–Kier alpha value is -2.94. The second kappa shape index (κ2) is 13.8. The summed E-state index contributed by atoms with van der Waals surface area (Å²) < 4.78 is 32.2. The minimum atomic E-state index is -0.367. The number of nitrogens with one attached hydrogen (secondary N) is 2. The van der Waals surface area contributed by atoms with Gasteiger partial charge >= 0.3 is 0 Å². The average Bonchev–Trinajstić information content (AvgIpc) is 3.70. The van der Waals surface area contributed by atoms with Crippen molar-refractivity contribution < 1.29 is 27.9 Å². The normalized spacial score (nSPS) is 24.1. The zero-order valence-corrected chi connectivity index (χ0v) is 24.3. The topological polar surface area (TPSA) is 103 Å². The van der Waals surface area contributed by atoms with Gasteiger partial charge in [-0.15, -0.1) is 0 Å². The summed E-state index contributed by atoms with van der Waals surface area (Å²) in [5.41, 5.74) is 0.950. The number of nitrogens with zero attached hydrogens (tertiary/aromatic N) is 1. The number of fused-ring (bicyclic) bond motifs is 2. The number of unbranched alkanes of at least 4 members (excludes halogenated alkanes) is 1. The van der Waals surface area contributed by atoms with E-state index in [1.165, 1.54) is 56.9 Å². The Morgan fingerprint density at radius 1 is 1.10 bits per heavy atom. The summed E-state index contributed by atoms with van der Waals surface area (Å²) in [7, 11) is 0. The molecule has 1 aliphatic carbocycles.